The lowest BCUT2D eigenvalue weighted by atomic mass is 9.84. The Kier molecular flexibility index (Phi) is 9.43. The first-order valence-corrected chi connectivity index (χ1v) is 14.7. The maximum Gasteiger partial charge on any atom is 0.475 e. The number of ketones is 1. The number of carbonyl (C=O) groups is 1. The van der Waals surface area contributed by atoms with Crippen molar-refractivity contribution in [1.29, 1.82) is 0 Å². The number of benzene rings is 2. The lowest BCUT2D eigenvalue weighted by molar-refractivity contribution is 0.0589. The van der Waals surface area contributed by atoms with E-state index in [1.807, 2.05) is 31.3 Å². The molecule has 8 heteroatoms. The van der Waals surface area contributed by atoms with E-state index in [0.717, 1.165) is 5.56 Å². The molecule has 32 heavy (non-hydrogen) atoms. The Morgan fingerprint density at radius 2 is 1.56 bits per heavy atom. The van der Waals surface area contributed by atoms with Crippen LogP contribution >= 0.6 is 7.82 Å². The Labute approximate surface area is 193 Å². The predicted octanol–water partition coefficient (Wildman–Crippen LogP) is 6.74. The van der Waals surface area contributed by atoms with Crippen molar-refractivity contribution < 1.29 is 27.4 Å². The minimum absolute atomic E-state index is 0.117. The summed E-state index contributed by atoms with van der Waals surface area (Å²) in [6.07, 6.45) is -1.22. The zero-order valence-electron chi connectivity index (χ0n) is 20.0. The molecule has 2 aromatic carbocycles. The second-order valence-electron chi connectivity index (χ2n) is 8.48. The van der Waals surface area contributed by atoms with Crippen LogP contribution in [0.2, 0.25) is 13.1 Å². The molecule has 0 fully saturated rings. The molecule has 0 amide bonds. The van der Waals surface area contributed by atoms with E-state index in [0.29, 0.717) is 16.9 Å². The number of phosphoric acid groups is 1. The van der Waals surface area contributed by atoms with Crippen molar-refractivity contribution in [3.8, 4) is 5.75 Å². The van der Waals surface area contributed by atoms with E-state index in [4.69, 9.17) is 18.0 Å². The highest BCUT2D eigenvalue weighted by Gasteiger charge is 2.38. The number of Topliss-reactive ketones (excluding diaryl/α,β-unsaturated/α-hetero) is 1. The van der Waals surface area contributed by atoms with Crippen molar-refractivity contribution in [2.24, 2.45) is 0 Å². The first kappa shape index (κ1) is 26.5. The molecule has 1 radical (unpaired) electrons. The maximum absolute atomic E-state index is 13.6. The van der Waals surface area contributed by atoms with Gasteiger partial charge in [0, 0.05) is 11.1 Å². The molecule has 2 aromatic rings. The molecule has 0 spiro atoms. The van der Waals surface area contributed by atoms with Crippen LogP contribution in [-0.2, 0) is 23.6 Å². The van der Waals surface area contributed by atoms with Gasteiger partial charge < -0.3 is 4.43 Å². The molecule has 1 atom stereocenters. The summed E-state index contributed by atoms with van der Waals surface area (Å²) in [5.74, 6) is 0.245. The van der Waals surface area contributed by atoms with Gasteiger partial charge in [0.1, 0.15) is 5.75 Å². The minimum Gasteiger partial charge on any atom is -0.542 e. The Bertz CT molecular complexity index is 929. The Hall–Kier alpha value is -1.76. The summed E-state index contributed by atoms with van der Waals surface area (Å²) in [5, 5.41) is 0. The van der Waals surface area contributed by atoms with Gasteiger partial charge in [0.05, 0.1) is 13.2 Å². The van der Waals surface area contributed by atoms with E-state index in [9.17, 15) is 9.36 Å². The average molecular weight is 478 g/mol. The maximum atomic E-state index is 13.6. The first-order chi connectivity index (χ1) is 15.0. The van der Waals surface area contributed by atoms with Crippen LogP contribution in [0.1, 0.15) is 62.2 Å². The summed E-state index contributed by atoms with van der Waals surface area (Å²) >= 11 is 0. The highest BCUT2D eigenvalue weighted by molar-refractivity contribution is 7.48. The molecule has 0 heterocycles. The van der Waals surface area contributed by atoms with Gasteiger partial charge in [-0.25, -0.2) is 4.57 Å². The van der Waals surface area contributed by atoms with Crippen LogP contribution in [0.4, 0.5) is 0 Å². The monoisotopic (exact) mass is 477 g/mol. The van der Waals surface area contributed by atoms with Crippen molar-refractivity contribution in [2.45, 2.75) is 59.2 Å². The zero-order chi connectivity index (χ0) is 23.9. The van der Waals surface area contributed by atoms with E-state index < -0.39 is 23.0 Å². The van der Waals surface area contributed by atoms with Crippen molar-refractivity contribution in [2.75, 3.05) is 13.2 Å². The van der Waals surface area contributed by atoms with Crippen molar-refractivity contribution in [3.05, 3.63) is 65.2 Å². The number of carbonyl (C=O) groups excluding carboxylic acids is 1. The topological polar surface area (TPSA) is 71.1 Å². The molecule has 0 aliphatic heterocycles. The summed E-state index contributed by atoms with van der Waals surface area (Å²) in [4.78, 5) is 13.6. The normalized spacial score (nSPS) is 13.2. The van der Waals surface area contributed by atoms with Crippen molar-refractivity contribution in [1.82, 2.24) is 0 Å². The highest BCUT2D eigenvalue weighted by atomic mass is 31.2. The van der Waals surface area contributed by atoms with Gasteiger partial charge in [0.15, 0.2) is 11.9 Å². The lowest BCUT2D eigenvalue weighted by Crippen LogP contribution is -2.23. The number of para-hydroxylation sites is 1. The van der Waals surface area contributed by atoms with Gasteiger partial charge in [-0.05, 0) is 37.9 Å². The van der Waals surface area contributed by atoms with Crippen LogP contribution in [-0.4, -0.2) is 28.0 Å². The summed E-state index contributed by atoms with van der Waals surface area (Å²) in [6.45, 7) is 13.9. The van der Waals surface area contributed by atoms with Crippen molar-refractivity contribution in [3.63, 3.8) is 0 Å². The van der Waals surface area contributed by atoms with Crippen LogP contribution < -0.4 is 4.43 Å². The summed E-state index contributed by atoms with van der Waals surface area (Å²) in [6, 6.07) is 14.4. The van der Waals surface area contributed by atoms with Gasteiger partial charge in [0.25, 0.3) is 9.04 Å². The molecule has 0 saturated heterocycles. The van der Waals surface area contributed by atoms with Crippen LogP contribution in [0, 0.1) is 0 Å². The third kappa shape index (κ3) is 6.87. The number of phosphoric ester groups is 1. The Morgan fingerprint density at radius 1 is 0.969 bits per heavy atom. The summed E-state index contributed by atoms with van der Waals surface area (Å²) < 4.78 is 36.2. The molecular weight excluding hydrogens is 443 g/mol. The minimum atomic E-state index is -3.99. The van der Waals surface area contributed by atoms with Crippen LogP contribution in [0.3, 0.4) is 0 Å². The van der Waals surface area contributed by atoms with Gasteiger partial charge in [-0.3, -0.25) is 18.4 Å². The van der Waals surface area contributed by atoms with Gasteiger partial charge in [0.2, 0.25) is 0 Å². The van der Waals surface area contributed by atoms with Crippen molar-refractivity contribution >= 4 is 22.6 Å². The Morgan fingerprint density at radius 3 is 2.06 bits per heavy atom. The van der Waals surface area contributed by atoms with E-state index >= 15 is 0 Å². The van der Waals surface area contributed by atoms with E-state index in [2.05, 4.69) is 20.8 Å². The molecular formula is C24H34O6PSi. The molecule has 175 valence electrons. The van der Waals surface area contributed by atoms with Crippen LogP contribution in [0.25, 0.3) is 0 Å². The standard InChI is InChI=1S/C24H34O6PSi/c1-8-27-31(26,28-9-2)29-23(21(25)18-14-11-10-12-15-18)19-16-13-17-20(24(3,4)5)22(19)30-32(6)7/h10-17,23H,8-9H2,1-7H3. The molecule has 0 aliphatic rings. The number of hydrogen-bond acceptors (Lipinski definition) is 6. The quantitative estimate of drug-likeness (QED) is 0.203. The highest BCUT2D eigenvalue weighted by Crippen LogP contribution is 2.54. The lowest BCUT2D eigenvalue weighted by Gasteiger charge is -2.29. The van der Waals surface area contributed by atoms with Crippen LogP contribution in [0.15, 0.2) is 48.5 Å². The van der Waals surface area contributed by atoms with E-state index in [1.54, 1.807) is 44.2 Å². The predicted molar refractivity (Wildman–Crippen MR) is 129 cm³/mol. The third-order valence-corrected chi connectivity index (χ3v) is 6.78. The van der Waals surface area contributed by atoms with E-state index in [1.165, 1.54) is 0 Å². The zero-order valence-corrected chi connectivity index (χ0v) is 21.9. The molecule has 0 N–H and O–H groups in total. The molecule has 0 aliphatic carbocycles. The fraction of sp³-hybridized carbons (Fsp3) is 0.458. The van der Waals surface area contributed by atoms with Gasteiger partial charge >= 0.3 is 7.82 Å². The first-order valence-electron chi connectivity index (χ1n) is 10.8. The largest absolute Gasteiger partial charge is 0.542 e. The molecule has 0 bridgehead atoms. The second-order valence-corrected chi connectivity index (χ2v) is 12.1. The van der Waals surface area contributed by atoms with Gasteiger partial charge in [-0.1, -0.05) is 69.3 Å². The van der Waals surface area contributed by atoms with Gasteiger partial charge in [-0.15, -0.1) is 0 Å². The average Bonchev–Trinajstić information content (AvgIpc) is 2.72. The molecule has 2 rings (SSSR count). The molecule has 6 nitrogen and oxygen atoms in total. The molecule has 0 saturated carbocycles. The smallest absolute Gasteiger partial charge is 0.475 e. The van der Waals surface area contributed by atoms with Crippen LogP contribution in [0.5, 0.6) is 5.75 Å². The fourth-order valence-corrected chi connectivity index (χ4v) is 5.15. The molecule has 1 unspecified atom stereocenters. The summed E-state index contributed by atoms with van der Waals surface area (Å²) in [5.41, 5.74) is 1.64. The number of rotatable bonds is 11. The fourth-order valence-electron chi connectivity index (χ4n) is 3.21. The number of hydrogen-bond donors (Lipinski definition) is 0. The Balaban J connectivity index is 2.71. The SMILES string of the molecule is CCOP(=O)(OCC)OC(C(=O)c1ccccc1)c1cccc(C(C)(C)C)c1O[Si](C)C. The van der Waals surface area contributed by atoms with Gasteiger partial charge in [-0.2, -0.15) is 0 Å². The van der Waals surface area contributed by atoms with E-state index in [-0.39, 0.29) is 24.4 Å². The second kappa shape index (κ2) is 11.4. The molecule has 0 aromatic heterocycles. The summed E-state index contributed by atoms with van der Waals surface area (Å²) in [7, 11) is -5.17. The third-order valence-electron chi connectivity index (χ3n) is 4.55.